The van der Waals surface area contributed by atoms with E-state index in [2.05, 4.69) is 0 Å². The molecule has 6 nitrogen and oxygen atoms in total. The van der Waals surface area contributed by atoms with E-state index in [1.54, 1.807) is 0 Å². The molecule has 6 heteroatoms. The van der Waals surface area contributed by atoms with E-state index in [0.29, 0.717) is 25.9 Å². The highest BCUT2D eigenvalue weighted by atomic mass is 16.7. The van der Waals surface area contributed by atoms with E-state index in [1.807, 2.05) is 35.0 Å². The van der Waals surface area contributed by atoms with Crippen LogP contribution in [0.3, 0.4) is 0 Å². The van der Waals surface area contributed by atoms with Crippen LogP contribution in [0.1, 0.15) is 24.8 Å². The van der Waals surface area contributed by atoms with Crippen LogP contribution < -0.4 is 9.47 Å². The molecule has 4 aliphatic rings. The molecule has 4 heterocycles. The lowest BCUT2D eigenvalue weighted by Gasteiger charge is -2.32. The maximum Gasteiger partial charge on any atom is 0.231 e. The van der Waals surface area contributed by atoms with Gasteiger partial charge in [0.15, 0.2) is 11.5 Å². The third-order valence-electron chi connectivity index (χ3n) is 5.38. The van der Waals surface area contributed by atoms with E-state index < -0.39 is 0 Å². The van der Waals surface area contributed by atoms with Crippen molar-refractivity contribution >= 4 is 11.8 Å². The fourth-order valence-corrected chi connectivity index (χ4v) is 3.87. The Morgan fingerprint density at radius 2 is 2.04 bits per heavy atom. The van der Waals surface area contributed by atoms with Gasteiger partial charge in [-0.25, -0.2) is 0 Å². The van der Waals surface area contributed by atoms with Gasteiger partial charge in [-0.1, -0.05) is 6.07 Å². The molecular formula is C18H22N2O4. The Morgan fingerprint density at radius 1 is 1.21 bits per heavy atom. The molecule has 2 unspecified atom stereocenters. The van der Waals surface area contributed by atoms with Gasteiger partial charge in [-0.2, -0.15) is 0 Å². The quantitative estimate of drug-likeness (QED) is 0.841. The fourth-order valence-electron chi connectivity index (χ4n) is 3.87. The third kappa shape index (κ3) is 2.70. The highest BCUT2D eigenvalue weighted by Gasteiger charge is 2.39. The molecule has 2 bridgehead atoms. The standard InChI is InChI=1S/C18H22N2O4/c1-19-14-5-4-13(18(19)22)9-20(10-14)17(21)7-3-12-2-6-15-16(8-12)24-11-23-15/h2,6,8,13-14H,3-5,7,9-11H2,1H3. The topological polar surface area (TPSA) is 59.1 Å². The first-order chi connectivity index (χ1) is 11.6. The van der Waals surface area contributed by atoms with Gasteiger partial charge in [0.1, 0.15) is 0 Å². The van der Waals surface area contributed by atoms with Gasteiger partial charge in [-0.05, 0) is 37.0 Å². The molecule has 3 saturated heterocycles. The number of benzene rings is 1. The summed E-state index contributed by atoms with van der Waals surface area (Å²) in [6, 6.07) is 5.98. The molecule has 3 fully saturated rings. The van der Waals surface area contributed by atoms with Crippen LogP contribution in [-0.4, -0.2) is 54.6 Å². The molecule has 0 aromatic heterocycles. The summed E-state index contributed by atoms with van der Waals surface area (Å²) in [5, 5.41) is 0. The molecule has 128 valence electrons. The van der Waals surface area contributed by atoms with Crippen molar-refractivity contribution in [2.75, 3.05) is 26.9 Å². The number of fused-ring (bicyclic) bond motifs is 5. The fraction of sp³-hybridized carbons (Fsp3) is 0.556. The summed E-state index contributed by atoms with van der Waals surface area (Å²) in [6.45, 7) is 1.49. The summed E-state index contributed by atoms with van der Waals surface area (Å²) in [7, 11) is 1.86. The zero-order valence-corrected chi connectivity index (χ0v) is 13.9. The predicted molar refractivity (Wildman–Crippen MR) is 86.7 cm³/mol. The zero-order valence-electron chi connectivity index (χ0n) is 13.9. The van der Waals surface area contributed by atoms with Crippen molar-refractivity contribution in [2.45, 2.75) is 31.7 Å². The monoisotopic (exact) mass is 330 g/mol. The number of aryl methyl sites for hydroxylation is 1. The van der Waals surface area contributed by atoms with Gasteiger partial charge in [-0.3, -0.25) is 9.59 Å². The Bertz CT molecular complexity index is 675. The molecule has 0 saturated carbocycles. The van der Waals surface area contributed by atoms with Crippen molar-refractivity contribution in [3.63, 3.8) is 0 Å². The largest absolute Gasteiger partial charge is 0.454 e. The summed E-state index contributed by atoms with van der Waals surface area (Å²) >= 11 is 0. The van der Waals surface area contributed by atoms with E-state index in [0.717, 1.165) is 29.9 Å². The highest BCUT2D eigenvalue weighted by molar-refractivity contribution is 5.83. The van der Waals surface area contributed by atoms with Gasteiger partial charge < -0.3 is 19.3 Å². The molecule has 5 rings (SSSR count). The van der Waals surface area contributed by atoms with Crippen molar-refractivity contribution in [3.8, 4) is 11.5 Å². The third-order valence-corrected chi connectivity index (χ3v) is 5.38. The molecule has 0 spiro atoms. The second-order valence-electron chi connectivity index (χ2n) is 6.86. The van der Waals surface area contributed by atoms with E-state index in [4.69, 9.17) is 9.47 Å². The maximum absolute atomic E-state index is 12.6. The van der Waals surface area contributed by atoms with Crippen molar-refractivity contribution in [1.29, 1.82) is 0 Å². The van der Waals surface area contributed by atoms with Gasteiger partial charge in [0.25, 0.3) is 0 Å². The number of ether oxygens (including phenoxy) is 2. The second-order valence-corrected chi connectivity index (χ2v) is 6.86. The minimum atomic E-state index is -0.0248. The first-order valence-corrected chi connectivity index (χ1v) is 8.55. The number of carbonyl (C=O) groups excluding carboxylic acids is 2. The Balaban J connectivity index is 1.39. The number of nitrogens with zero attached hydrogens (tertiary/aromatic N) is 2. The summed E-state index contributed by atoms with van der Waals surface area (Å²) < 4.78 is 10.7. The van der Waals surface area contributed by atoms with E-state index >= 15 is 0 Å². The number of hydrogen-bond acceptors (Lipinski definition) is 4. The molecule has 0 radical (unpaired) electrons. The predicted octanol–water partition coefficient (Wildman–Crippen LogP) is 1.43. The van der Waals surface area contributed by atoms with Crippen LogP contribution in [0.5, 0.6) is 11.5 Å². The lowest BCUT2D eigenvalue weighted by Crippen LogP contribution is -2.45. The maximum atomic E-state index is 12.6. The Hall–Kier alpha value is -2.24. The molecule has 2 amide bonds. The van der Waals surface area contributed by atoms with Crippen LogP contribution in [0.4, 0.5) is 0 Å². The lowest BCUT2D eigenvalue weighted by atomic mass is 9.95. The number of hydrogen-bond donors (Lipinski definition) is 0. The summed E-state index contributed by atoms with van der Waals surface area (Å²) in [5.74, 6) is 1.81. The van der Waals surface area contributed by atoms with Gasteiger partial charge >= 0.3 is 0 Å². The summed E-state index contributed by atoms with van der Waals surface area (Å²) in [5.41, 5.74) is 1.07. The normalized spacial score (nSPS) is 25.1. The molecule has 0 aliphatic carbocycles. The second kappa shape index (κ2) is 6.00. The lowest BCUT2D eigenvalue weighted by molar-refractivity contribution is -0.138. The average molecular weight is 330 g/mol. The number of amides is 2. The SMILES string of the molecule is CN1C(=O)C2CCC1CN(C(=O)CCc1ccc3c(c1)OCO3)C2. The summed E-state index contributed by atoms with van der Waals surface area (Å²) in [4.78, 5) is 28.6. The van der Waals surface area contributed by atoms with Crippen LogP contribution in [0.25, 0.3) is 0 Å². The molecule has 24 heavy (non-hydrogen) atoms. The molecule has 1 aromatic carbocycles. The summed E-state index contributed by atoms with van der Waals surface area (Å²) in [6.07, 6.45) is 3.03. The van der Waals surface area contributed by atoms with E-state index in [-0.39, 0.29) is 30.6 Å². The number of carbonyl (C=O) groups is 2. The van der Waals surface area contributed by atoms with Crippen LogP contribution in [0, 0.1) is 5.92 Å². The molecule has 0 N–H and O–H groups in total. The molecule has 1 aromatic rings. The van der Waals surface area contributed by atoms with Gasteiger partial charge in [0.05, 0.1) is 5.92 Å². The molecule has 2 atom stereocenters. The Labute approximate surface area is 141 Å². The van der Waals surface area contributed by atoms with Gasteiger partial charge in [0, 0.05) is 32.6 Å². The highest BCUT2D eigenvalue weighted by Crippen LogP contribution is 2.33. The van der Waals surface area contributed by atoms with Crippen LogP contribution in [0.2, 0.25) is 0 Å². The molecular weight excluding hydrogens is 308 g/mol. The van der Waals surface area contributed by atoms with Crippen LogP contribution >= 0.6 is 0 Å². The minimum absolute atomic E-state index is 0.0248. The minimum Gasteiger partial charge on any atom is -0.454 e. The number of rotatable bonds is 3. The average Bonchev–Trinajstić information content (AvgIpc) is 2.89. The number of piperidine rings is 1. The van der Waals surface area contributed by atoms with E-state index in [1.165, 1.54) is 0 Å². The van der Waals surface area contributed by atoms with Crippen LogP contribution in [0.15, 0.2) is 18.2 Å². The van der Waals surface area contributed by atoms with Crippen molar-refractivity contribution in [2.24, 2.45) is 5.92 Å². The Morgan fingerprint density at radius 3 is 2.92 bits per heavy atom. The van der Waals surface area contributed by atoms with Gasteiger partial charge in [0.2, 0.25) is 18.6 Å². The van der Waals surface area contributed by atoms with E-state index in [9.17, 15) is 9.59 Å². The van der Waals surface area contributed by atoms with Crippen molar-refractivity contribution in [1.82, 2.24) is 9.80 Å². The Kier molecular flexibility index (Phi) is 3.82. The first-order valence-electron chi connectivity index (χ1n) is 8.55. The zero-order chi connectivity index (χ0) is 16.7. The first kappa shape index (κ1) is 15.3. The van der Waals surface area contributed by atoms with Crippen molar-refractivity contribution < 1.29 is 19.1 Å². The van der Waals surface area contributed by atoms with Gasteiger partial charge in [-0.15, -0.1) is 0 Å². The van der Waals surface area contributed by atoms with Crippen LogP contribution in [-0.2, 0) is 16.0 Å². The number of likely N-dealkylation sites (N-methyl/N-ethyl adjacent to an activating group) is 1. The smallest absolute Gasteiger partial charge is 0.231 e. The molecule has 4 aliphatic heterocycles. The van der Waals surface area contributed by atoms with Crippen molar-refractivity contribution in [3.05, 3.63) is 23.8 Å².